The fraction of sp³-hybridized carbons (Fsp3) is 0.632. The lowest BCUT2D eigenvalue weighted by Crippen LogP contribution is -2.52. The molecular formula is C19H27NO2. The van der Waals surface area contributed by atoms with Crippen molar-refractivity contribution >= 4 is 11.6 Å². The highest BCUT2D eigenvalue weighted by Crippen LogP contribution is 2.48. The molecule has 3 rings (SSSR count). The molecule has 3 heteroatoms. The molecule has 0 saturated heterocycles. The molecule has 1 heterocycles. The number of benzene rings is 1. The second kappa shape index (κ2) is 5.29. The number of carbonyl (C=O) groups excluding carboxylic acids is 1. The number of nitrogens with zero attached hydrogens (tertiary/aromatic N) is 1. The molecule has 1 aliphatic heterocycles. The lowest BCUT2D eigenvalue weighted by atomic mass is 9.79. The Balaban J connectivity index is 2.02. The standard InChI is InChI=1S/C19H27NO2/c1-6-22-14-7-8-17-15(10-14)13(3)11-19(4,5)20(17)18(21)16-9-12(16)2/h7-8,10,12-13,16H,6,9,11H2,1-5H3. The molecular weight excluding hydrogens is 274 g/mol. The lowest BCUT2D eigenvalue weighted by molar-refractivity contribution is -0.121. The van der Waals surface area contributed by atoms with E-state index in [0.717, 1.165) is 24.3 Å². The third kappa shape index (κ3) is 2.51. The number of amides is 1. The molecule has 1 fully saturated rings. The predicted molar refractivity (Wildman–Crippen MR) is 89.5 cm³/mol. The maximum atomic E-state index is 13.0. The molecule has 1 aliphatic carbocycles. The first-order chi connectivity index (χ1) is 10.3. The third-order valence-corrected chi connectivity index (χ3v) is 5.14. The summed E-state index contributed by atoms with van der Waals surface area (Å²) in [4.78, 5) is 15.0. The van der Waals surface area contributed by atoms with Crippen LogP contribution in [0.1, 0.15) is 58.9 Å². The number of hydrogen-bond donors (Lipinski definition) is 0. The average Bonchev–Trinajstić information content (AvgIpc) is 3.16. The topological polar surface area (TPSA) is 29.5 Å². The van der Waals surface area contributed by atoms with Crippen LogP contribution in [0.5, 0.6) is 5.75 Å². The van der Waals surface area contributed by atoms with E-state index in [-0.39, 0.29) is 11.5 Å². The van der Waals surface area contributed by atoms with Gasteiger partial charge in [0.1, 0.15) is 5.75 Å². The second-order valence-corrected chi connectivity index (χ2v) is 7.56. The van der Waals surface area contributed by atoms with Gasteiger partial charge in [0.2, 0.25) is 5.91 Å². The molecule has 3 nitrogen and oxygen atoms in total. The Morgan fingerprint density at radius 3 is 2.64 bits per heavy atom. The van der Waals surface area contributed by atoms with E-state index in [2.05, 4.69) is 44.7 Å². The Bertz CT molecular complexity index is 593. The van der Waals surface area contributed by atoms with Crippen molar-refractivity contribution in [1.29, 1.82) is 0 Å². The van der Waals surface area contributed by atoms with Crippen molar-refractivity contribution in [2.45, 2.75) is 58.9 Å². The van der Waals surface area contributed by atoms with Gasteiger partial charge in [0.05, 0.1) is 6.61 Å². The minimum absolute atomic E-state index is 0.126. The van der Waals surface area contributed by atoms with E-state index in [0.29, 0.717) is 24.3 Å². The normalized spacial score (nSPS) is 29.0. The molecule has 1 aromatic rings. The first-order valence-electron chi connectivity index (χ1n) is 8.46. The SMILES string of the molecule is CCOc1ccc2c(c1)C(C)CC(C)(C)N2C(=O)C1CC1C. The highest BCUT2D eigenvalue weighted by Gasteiger charge is 2.48. The van der Waals surface area contributed by atoms with Gasteiger partial charge in [-0.25, -0.2) is 0 Å². The van der Waals surface area contributed by atoms with Crippen molar-refractivity contribution < 1.29 is 9.53 Å². The van der Waals surface area contributed by atoms with E-state index >= 15 is 0 Å². The van der Waals surface area contributed by atoms with Crippen molar-refractivity contribution in [3.05, 3.63) is 23.8 Å². The Labute approximate surface area is 133 Å². The fourth-order valence-electron chi connectivity index (χ4n) is 3.91. The van der Waals surface area contributed by atoms with Gasteiger partial charge in [-0.15, -0.1) is 0 Å². The summed E-state index contributed by atoms with van der Waals surface area (Å²) in [5.41, 5.74) is 2.20. The molecule has 1 saturated carbocycles. The number of anilines is 1. The van der Waals surface area contributed by atoms with Crippen LogP contribution in [0.25, 0.3) is 0 Å². The van der Waals surface area contributed by atoms with Gasteiger partial charge in [0.25, 0.3) is 0 Å². The second-order valence-electron chi connectivity index (χ2n) is 7.56. The summed E-state index contributed by atoms with van der Waals surface area (Å²) in [7, 11) is 0. The predicted octanol–water partition coefficient (Wildman–Crippen LogP) is 4.36. The summed E-state index contributed by atoms with van der Waals surface area (Å²) in [6.07, 6.45) is 2.02. The van der Waals surface area contributed by atoms with Crippen LogP contribution in [0.4, 0.5) is 5.69 Å². The van der Waals surface area contributed by atoms with Crippen LogP contribution >= 0.6 is 0 Å². The van der Waals surface area contributed by atoms with E-state index < -0.39 is 0 Å². The van der Waals surface area contributed by atoms with Gasteiger partial charge < -0.3 is 9.64 Å². The first-order valence-corrected chi connectivity index (χ1v) is 8.46. The Hall–Kier alpha value is -1.51. The molecule has 1 amide bonds. The van der Waals surface area contributed by atoms with E-state index in [4.69, 9.17) is 4.74 Å². The largest absolute Gasteiger partial charge is 0.494 e. The van der Waals surface area contributed by atoms with Crippen molar-refractivity contribution in [2.75, 3.05) is 11.5 Å². The lowest BCUT2D eigenvalue weighted by Gasteiger charge is -2.46. The van der Waals surface area contributed by atoms with Crippen molar-refractivity contribution in [2.24, 2.45) is 11.8 Å². The summed E-state index contributed by atoms with van der Waals surface area (Å²) in [6, 6.07) is 6.19. The van der Waals surface area contributed by atoms with Gasteiger partial charge in [-0.2, -0.15) is 0 Å². The summed E-state index contributed by atoms with van der Waals surface area (Å²) in [5, 5.41) is 0. The maximum absolute atomic E-state index is 13.0. The van der Waals surface area contributed by atoms with Crippen LogP contribution in [0.15, 0.2) is 18.2 Å². The monoisotopic (exact) mass is 301 g/mol. The van der Waals surface area contributed by atoms with Crippen LogP contribution in [0.2, 0.25) is 0 Å². The summed E-state index contributed by atoms with van der Waals surface area (Å²) in [6.45, 7) is 11.5. The number of fused-ring (bicyclic) bond motifs is 1. The zero-order valence-electron chi connectivity index (χ0n) is 14.3. The van der Waals surface area contributed by atoms with Gasteiger partial charge >= 0.3 is 0 Å². The molecule has 0 bridgehead atoms. The fourth-order valence-corrected chi connectivity index (χ4v) is 3.91. The quantitative estimate of drug-likeness (QED) is 0.830. The summed E-state index contributed by atoms with van der Waals surface area (Å²) >= 11 is 0. The zero-order chi connectivity index (χ0) is 16.1. The number of carbonyl (C=O) groups is 1. The Morgan fingerprint density at radius 2 is 2.05 bits per heavy atom. The van der Waals surface area contributed by atoms with Crippen molar-refractivity contribution in [3.8, 4) is 5.75 Å². The summed E-state index contributed by atoms with van der Waals surface area (Å²) < 4.78 is 5.64. The smallest absolute Gasteiger partial charge is 0.230 e. The minimum Gasteiger partial charge on any atom is -0.494 e. The molecule has 22 heavy (non-hydrogen) atoms. The average molecular weight is 301 g/mol. The molecule has 2 aliphatic rings. The van der Waals surface area contributed by atoms with Gasteiger partial charge in [0.15, 0.2) is 0 Å². The zero-order valence-corrected chi connectivity index (χ0v) is 14.3. The van der Waals surface area contributed by atoms with Crippen LogP contribution in [-0.4, -0.2) is 18.1 Å². The highest BCUT2D eigenvalue weighted by molar-refractivity contribution is 5.99. The first kappa shape index (κ1) is 15.4. The van der Waals surface area contributed by atoms with E-state index in [9.17, 15) is 4.79 Å². The van der Waals surface area contributed by atoms with Crippen LogP contribution in [-0.2, 0) is 4.79 Å². The van der Waals surface area contributed by atoms with Gasteiger partial charge in [0, 0.05) is 17.1 Å². The molecule has 120 valence electrons. The van der Waals surface area contributed by atoms with E-state index in [1.165, 1.54) is 5.56 Å². The molecule has 1 aromatic carbocycles. The van der Waals surface area contributed by atoms with Gasteiger partial charge in [-0.3, -0.25) is 4.79 Å². The van der Waals surface area contributed by atoms with Crippen LogP contribution < -0.4 is 9.64 Å². The van der Waals surface area contributed by atoms with Crippen molar-refractivity contribution in [1.82, 2.24) is 0 Å². The van der Waals surface area contributed by atoms with Gasteiger partial charge in [-0.05, 0) is 69.2 Å². The van der Waals surface area contributed by atoms with Crippen LogP contribution in [0, 0.1) is 11.8 Å². The number of hydrogen-bond acceptors (Lipinski definition) is 2. The van der Waals surface area contributed by atoms with E-state index in [1.807, 2.05) is 13.0 Å². The molecule has 0 N–H and O–H groups in total. The van der Waals surface area contributed by atoms with Crippen molar-refractivity contribution in [3.63, 3.8) is 0 Å². The molecule has 0 spiro atoms. The highest BCUT2D eigenvalue weighted by atomic mass is 16.5. The summed E-state index contributed by atoms with van der Waals surface area (Å²) in [5.74, 6) is 2.39. The Morgan fingerprint density at radius 1 is 1.36 bits per heavy atom. The molecule has 3 unspecified atom stereocenters. The van der Waals surface area contributed by atoms with E-state index in [1.54, 1.807) is 0 Å². The molecule has 0 aromatic heterocycles. The molecule has 0 radical (unpaired) electrons. The maximum Gasteiger partial charge on any atom is 0.230 e. The number of rotatable bonds is 3. The molecule has 3 atom stereocenters. The van der Waals surface area contributed by atoms with Gasteiger partial charge in [-0.1, -0.05) is 13.8 Å². The third-order valence-electron chi connectivity index (χ3n) is 5.14. The van der Waals surface area contributed by atoms with Crippen LogP contribution in [0.3, 0.4) is 0 Å². The number of ether oxygens (including phenoxy) is 1. The Kier molecular flexibility index (Phi) is 3.70. The minimum atomic E-state index is -0.126.